The van der Waals surface area contributed by atoms with E-state index in [0.29, 0.717) is 17.9 Å². The van der Waals surface area contributed by atoms with Crippen LogP contribution in [0, 0.1) is 24.7 Å². The number of benzene rings is 1. The van der Waals surface area contributed by atoms with Gasteiger partial charge in [0.05, 0.1) is 18.3 Å². The third kappa shape index (κ3) is 3.00. The van der Waals surface area contributed by atoms with Gasteiger partial charge in [-0.15, -0.1) is 0 Å². The zero-order valence-corrected chi connectivity index (χ0v) is 17.9. The zero-order valence-electron chi connectivity index (χ0n) is 17.9. The molecule has 2 saturated heterocycles. The first-order valence-corrected chi connectivity index (χ1v) is 11.5. The molecule has 0 unspecified atom stereocenters. The van der Waals surface area contributed by atoms with Gasteiger partial charge in [-0.05, 0) is 86.1 Å². The van der Waals surface area contributed by atoms with Gasteiger partial charge in [-0.2, -0.15) is 10.2 Å². The molecule has 2 N–H and O–H groups in total. The van der Waals surface area contributed by atoms with Crippen LogP contribution in [0.15, 0.2) is 24.5 Å². The third-order valence-corrected chi connectivity index (χ3v) is 7.90. The Balaban J connectivity index is 1.30. The van der Waals surface area contributed by atoms with E-state index < -0.39 is 0 Å². The van der Waals surface area contributed by atoms with Crippen LogP contribution in [0.4, 0.5) is 0 Å². The number of fused-ring (bicyclic) bond motifs is 2. The van der Waals surface area contributed by atoms with Gasteiger partial charge >= 0.3 is 0 Å². The Morgan fingerprint density at radius 2 is 2.13 bits per heavy atom. The molecule has 1 saturated carbocycles. The van der Waals surface area contributed by atoms with Crippen molar-refractivity contribution < 1.29 is 4.74 Å². The van der Waals surface area contributed by atoms with E-state index in [1.165, 1.54) is 48.7 Å². The Kier molecular flexibility index (Phi) is 4.46. The van der Waals surface area contributed by atoms with E-state index >= 15 is 0 Å². The summed E-state index contributed by atoms with van der Waals surface area (Å²) in [7, 11) is 1.95. The first-order chi connectivity index (χ1) is 14.7. The predicted molar refractivity (Wildman–Crippen MR) is 117 cm³/mol. The smallest absolute Gasteiger partial charge is 0.103 e. The monoisotopic (exact) mass is 405 g/mol. The number of H-pyrrole nitrogens is 1. The lowest BCUT2D eigenvalue weighted by Gasteiger charge is -2.31. The fourth-order valence-electron chi connectivity index (χ4n) is 6.48. The van der Waals surface area contributed by atoms with E-state index in [4.69, 9.17) is 4.74 Å². The average molecular weight is 406 g/mol. The molecule has 158 valence electrons. The number of hydrogen-bond acceptors (Lipinski definition) is 4. The highest BCUT2D eigenvalue weighted by Crippen LogP contribution is 2.49. The van der Waals surface area contributed by atoms with E-state index in [-0.39, 0.29) is 0 Å². The molecule has 2 aliphatic heterocycles. The van der Waals surface area contributed by atoms with Gasteiger partial charge in [0.1, 0.15) is 5.69 Å². The minimum atomic E-state index is 0.643. The van der Waals surface area contributed by atoms with E-state index in [9.17, 15) is 0 Å². The van der Waals surface area contributed by atoms with Crippen LogP contribution < -0.4 is 5.32 Å². The van der Waals surface area contributed by atoms with Crippen molar-refractivity contribution in [2.24, 2.45) is 24.8 Å². The molecule has 3 fully saturated rings. The van der Waals surface area contributed by atoms with Gasteiger partial charge in [0.2, 0.25) is 0 Å². The van der Waals surface area contributed by atoms with Crippen molar-refractivity contribution in [1.82, 2.24) is 25.3 Å². The maximum absolute atomic E-state index is 5.81. The molecule has 4 heterocycles. The molecule has 6 nitrogen and oxygen atoms in total. The highest BCUT2D eigenvalue weighted by Gasteiger charge is 2.46. The Hall–Kier alpha value is -2.18. The molecular weight excluding hydrogens is 374 g/mol. The van der Waals surface area contributed by atoms with Crippen molar-refractivity contribution in [3.05, 3.63) is 35.7 Å². The van der Waals surface area contributed by atoms with Crippen LogP contribution in [-0.2, 0) is 11.8 Å². The highest BCUT2D eigenvalue weighted by atomic mass is 16.5. The number of aromatic amines is 1. The summed E-state index contributed by atoms with van der Waals surface area (Å²) in [6, 6.07) is 5.34. The molecule has 3 aromatic rings. The summed E-state index contributed by atoms with van der Waals surface area (Å²) < 4.78 is 7.65. The number of hydrogen-bond donors (Lipinski definition) is 2. The Labute approximate surface area is 177 Å². The van der Waals surface area contributed by atoms with Crippen molar-refractivity contribution in [1.29, 1.82) is 0 Å². The predicted octanol–water partition coefficient (Wildman–Crippen LogP) is 3.78. The van der Waals surface area contributed by atoms with Crippen molar-refractivity contribution in [2.75, 3.05) is 19.8 Å². The van der Waals surface area contributed by atoms with Crippen molar-refractivity contribution in [2.45, 2.75) is 44.6 Å². The van der Waals surface area contributed by atoms with Gasteiger partial charge in [0.15, 0.2) is 0 Å². The lowest BCUT2D eigenvalue weighted by atomic mass is 9.82. The van der Waals surface area contributed by atoms with Gasteiger partial charge in [-0.1, -0.05) is 0 Å². The van der Waals surface area contributed by atoms with Gasteiger partial charge in [-0.25, -0.2) is 0 Å². The molecule has 6 rings (SSSR count). The summed E-state index contributed by atoms with van der Waals surface area (Å²) >= 11 is 0. The van der Waals surface area contributed by atoms with Crippen LogP contribution >= 0.6 is 0 Å². The summed E-state index contributed by atoms with van der Waals surface area (Å²) in [5, 5.41) is 17.3. The van der Waals surface area contributed by atoms with Crippen molar-refractivity contribution >= 4 is 10.9 Å². The highest BCUT2D eigenvalue weighted by molar-refractivity contribution is 5.93. The molecule has 0 amide bonds. The van der Waals surface area contributed by atoms with Crippen LogP contribution in [0.3, 0.4) is 0 Å². The fraction of sp³-hybridized carbons (Fsp3) is 0.583. The molecule has 5 atom stereocenters. The molecule has 0 spiro atoms. The maximum atomic E-state index is 5.81. The number of aryl methyl sites for hydroxylation is 2. The summed E-state index contributed by atoms with van der Waals surface area (Å²) in [5.41, 5.74) is 6.11. The van der Waals surface area contributed by atoms with E-state index in [2.05, 4.69) is 39.7 Å². The molecule has 0 radical (unpaired) electrons. The summed E-state index contributed by atoms with van der Waals surface area (Å²) in [6.07, 6.45) is 9.08. The Morgan fingerprint density at radius 3 is 2.93 bits per heavy atom. The molecule has 6 heteroatoms. The molecule has 1 aromatic carbocycles. The molecular formula is C24H31N5O. The topological polar surface area (TPSA) is 67.8 Å². The molecule has 0 bridgehead atoms. The first-order valence-electron chi connectivity index (χ1n) is 11.5. The van der Waals surface area contributed by atoms with Gasteiger partial charge < -0.3 is 10.1 Å². The fourth-order valence-corrected chi connectivity index (χ4v) is 6.48. The second-order valence-corrected chi connectivity index (χ2v) is 9.73. The first kappa shape index (κ1) is 18.6. The number of rotatable bonds is 3. The average Bonchev–Trinajstić information content (AvgIpc) is 3.51. The molecule has 3 aliphatic rings. The third-order valence-electron chi connectivity index (χ3n) is 7.90. The summed E-state index contributed by atoms with van der Waals surface area (Å²) in [4.78, 5) is 0. The second kappa shape index (κ2) is 7.20. The zero-order chi connectivity index (χ0) is 20.2. The van der Waals surface area contributed by atoms with Crippen molar-refractivity contribution in [3.8, 4) is 11.3 Å². The maximum Gasteiger partial charge on any atom is 0.103 e. The lowest BCUT2D eigenvalue weighted by molar-refractivity contribution is 0.0345. The Bertz CT molecular complexity index is 1060. The quantitative estimate of drug-likeness (QED) is 0.696. The van der Waals surface area contributed by atoms with Crippen LogP contribution in [0.5, 0.6) is 0 Å². The van der Waals surface area contributed by atoms with E-state index in [1.54, 1.807) is 0 Å². The van der Waals surface area contributed by atoms with E-state index in [1.807, 2.05) is 24.1 Å². The second-order valence-electron chi connectivity index (χ2n) is 9.73. The van der Waals surface area contributed by atoms with Crippen LogP contribution in [0.25, 0.3) is 22.2 Å². The minimum absolute atomic E-state index is 0.643. The standard InChI is InChI=1S/C24H31N5O/c1-14-6-22-21(24(28-27-22)18-11-26-29(2)12-18)9-19(14)16-7-17-10-25-23(20(17)8-16)15-4-3-5-30-13-15/h6,9,11-12,15-17,20,23,25H,3-5,7-8,10,13H2,1-2H3,(H,27,28)/t15-,16+,17-,20+,23-/m1/s1. The van der Waals surface area contributed by atoms with Crippen LogP contribution in [0.1, 0.15) is 42.7 Å². The number of ether oxygens (including phenoxy) is 1. The number of nitrogens with one attached hydrogen (secondary N) is 2. The van der Waals surface area contributed by atoms with Gasteiger partial charge in [0.25, 0.3) is 0 Å². The SMILES string of the molecule is Cc1cc2[nH]nc(-c3cnn(C)c3)c2cc1[C@H]1C[C@@H]2CN[C@H]([C@@H]3CCCOC3)[C@H]2C1. The molecule has 1 aliphatic carbocycles. The largest absolute Gasteiger partial charge is 0.381 e. The van der Waals surface area contributed by atoms with Crippen LogP contribution in [0.2, 0.25) is 0 Å². The van der Waals surface area contributed by atoms with Gasteiger partial charge in [0, 0.05) is 36.8 Å². The van der Waals surface area contributed by atoms with Crippen molar-refractivity contribution in [3.63, 3.8) is 0 Å². The number of nitrogens with zero attached hydrogens (tertiary/aromatic N) is 3. The summed E-state index contributed by atoms with van der Waals surface area (Å²) in [6.45, 7) is 5.33. The lowest BCUT2D eigenvalue weighted by Crippen LogP contribution is -2.39. The van der Waals surface area contributed by atoms with Gasteiger partial charge in [-0.3, -0.25) is 9.78 Å². The molecule has 2 aromatic heterocycles. The Morgan fingerprint density at radius 1 is 1.20 bits per heavy atom. The normalized spacial score (nSPS) is 31.5. The number of aromatic nitrogens is 4. The molecule has 30 heavy (non-hydrogen) atoms. The van der Waals surface area contributed by atoms with E-state index in [0.717, 1.165) is 41.8 Å². The summed E-state index contributed by atoms with van der Waals surface area (Å²) in [5.74, 6) is 2.94. The minimum Gasteiger partial charge on any atom is -0.381 e. The van der Waals surface area contributed by atoms with Crippen LogP contribution in [-0.4, -0.2) is 45.8 Å².